The molecule has 6 nitrogen and oxygen atoms in total. The minimum absolute atomic E-state index is 0.124. The fourth-order valence-corrected chi connectivity index (χ4v) is 2.04. The maximum atomic E-state index is 5.55. The molecule has 1 aliphatic heterocycles. The Labute approximate surface area is 114 Å². The summed E-state index contributed by atoms with van der Waals surface area (Å²) >= 11 is 0. The van der Waals surface area contributed by atoms with Crippen molar-refractivity contribution < 1.29 is 4.74 Å². The van der Waals surface area contributed by atoms with Gasteiger partial charge in [0.1, 0.15) is 17.5 Å². The predicted octanol–water partition coefficient (Wildman–Crippen LogP) is 1.65. The molecule has 6 heteroatoms. The molecule has 0 saturated carbocycles. The van der Waals surface area contributed by atoms with Crippen LogP contribution in [-0.4, -0.2) is 28.7 Å². The zero-order valence-corrected chi connectivity index (χ0v) is 12.0. The first-order chi connectivity index (χ1) is 8.90. The third kappa shape index (κ3) is 3.33. The van der Waals surface area contributed by atoms with Gasteiger partial charge in [-0.15, -0.1) is 0 Å². The average Bonchev–Trinajstić information content (AvgIpc) is 2.73. The first-order valence-corrected chi connectivity index (χ1v) is 6.64. The lowest BCUT2D eigenvalue weighted by atomic mass is 9.96. The second-order valence-electron chi connectivity index (χ2n) is 5.97. The van der Waals surface area contributed by atoms with Gasteiger partial charge < -0.3 is 15.5 Å². The molecule has 1 aromatic heterocycles. The first kappa shape index (κ1) is 14.0. The topological polar surface area (TPSA) is 85.1 Å². The SMILES string of the molecule is CC1OCCC1Nc1cc(NN)nc(C(C)(C)C)n1. The molecule has 19 heavy (non-hydrogen) atoms. The number of aromatic nitrogens is 2. The number of rotatable bonds is 3. The van der Waals surface area contributed by atoms with E-state index >= 15 is 0 Å². The Morgan fingerprint density at radius 3 is 2.53 bits per heavy atom. The lowest BCUT2D eigenvalue weighted by Gasteiger charge is -2.21. The van der Waals surface area contributed by atoms with Crippen LogP contribution in [0, 0.1) is 0 Å². The molecular formula is C13H23N5O. The summed E-state index contributed by atoms with van der Waals surface area (Å²) in [6.45, 7) is 9.09. The number of hydrogen-bond acceptors (Lipinski definition) is 6. The van der Waals surface area contributed by atoms with E-state index in [0.29, 0.717) is 5.82 Å². The second-order valence-corrected chi connectivity index (χ2v) is 5.97. The molecule has 0 spiro atoms. The Bertz CT molecular complexity index is 443. The number of nitrogen functional groups attached to an aromatic ring is 1. The Morgan fingerprint density at radius 2 is 2.00 bits per heavy atom. The zero-order valence-electron chi connectivity index (χ0n) is 12.0. The lowest BCUT2D eigenvalue weighted by Crippen LogP contribution is -2.28. The molecule has 1 aromatic rings. The zero-order chi connectivity index (χ0) is 14.0. The minimum Gasteiger partial charge on any atom is -0.376 e. The van der Waals surface area contributed by atoms with Gasteiger partial charge in [-0.05, 0) is 13.3 Å². The molecule has 0 bridgehead atoms. The van der Waals surface area contributed by atoms with E-state index in [0.717, 1.165) is 24.7 Å². The van der Waals surface area contributed by atoms with Gasteiger partial charge in [-0.3, -0.25) is 0 Å². The number of nitrogens with one attached hydrogen (secondary N) is 2. The third-order valence-corrected chi connectivity index (χ3v) is 3.25. The standard InChI is InChI=1S/C13H23N5O/c1-8-9(5-6-19-8)15-10-7-11(18-14)17-12(16-10)13(2,3)4/h7-9H,5-6,14H2,1-4H3,(H2,15,16,17,18). The largest absolute Gasteiger partial charge is 0.376 e. The summed E-state index contributed by atoms with van der Waals surface area (Å²) in [6, 6.07) is 2.11. The molecule has 0 aromatic carbocycles. The monoisotopic (exact) mass is 265 g/mol. The van der Waals surface area contributed by atoms with Crippen molar-refractivity contribution in [2.75, 3.05) is 17.3 Å². The van der Waals surface area contributed by atoms with E-state index < -0.39 is 0 Å². The van der Waals surface area contributed by atoms with Gasteiger partial charge in [0.2, 0.25) is 0 Å². The van der Waals surface area contributed by atoms with Gasteiger partial charge in [-0.1, -0.05) is 20.8 Å². The van der Waals surface area contributed by atoms with E-state index in [1.807, 2.05) is 6.07 Å². The first-order valence-electron chi connectivity index (χ1n) is 6.64. The molecule has 1 fully saturated rings. The molecule has 2 unspecified atom stereocenters. The van der Waals surface area contributed by atoms with Crippen molar-refractivity contribution in [3.8, 4) is 0 Å². The highest BCUT2D eigenvalue weighted by atomic mass is 16.5. The van der Waals surface area contributed by atoms with Crippen molar-refractivity contribution in [2.45, 2.75) is 51.7 Å². The predicted molar refractivity (Wildman–Crippen MR) is 76.0 cm³/mol. The van der Waals surface area contributed by atoms with Gasteiger partial charge in [-0.2, -0.15) is 0 Å². The highest BCUT2D eigenvalue weighted by molar-refractivity contribution is 5.48. The highest BCUT2D eigenvalue weighted by Gasteiger charge is 2.25. The van der Waals surface area contributed by atoms with Gasteiger partial charge in [0.15, 0.2) is 0 Å². The number of hydrazine groups is 1. The van der Waals surface area contributed by atoms with Gasteiger partial charge in [-0.25, -0.2) is 15.8 Å². The van der Waals surface area contributed by atoms with E-state index in [2.05, 4.69) is 48.4 Å². The van der Waals surface area contributed by atoms with E-state index in [4.69, 9.17) is 10.6 Å². The molecule has 106 valence electrons. The fraction of sp³-hybridized carbons (Fsp3) is 0.692. The normalized spacial score (nSPS) is 23.4. The Kier molecular flexibility index (Phi) is 3.91. The smallest absolute Gasteiger partial charge is 0.145 e. The molecule has 1 saturated heterocycles. The number of hydrogen-bond donors (Lipinski definition) is 3. The van der Waals surface area contributed by atoms with Crippen molar-refractivity contribution in [1.82, 2.24) is 9.97 Å². The minimum atomic E-state index is -0.124. The molecule has 0 aliphatic carbocycles. The highest BCUT2D eigenvalue weighted by Crippen LogP contribution is 2.24. The molecule has 4 N–H and O–H groups in total. The molecular weight excluding hydrogens is 242 g/mol. The van der Waals surface area contributed by atoms with Crippen molar-refractivity contribution in [3.63, 3.8) is 0 Å². The van der Waals surface area contributed by atoms with Crippen LogP contribution in [0.4, 0.5) is 11.6 Å². The van der Waals surface area contributed by atoms with Crippen LogP contribution in [-0.2, 0) is 10.2 Å². The number of ether oxygens (including phenoxy) is 1. The van der Waals surface area contributed by atoms with E-state index in [-0.39, 0.29) is 17.6 Å². The second kappa shape index (κ2) is 5.30. The molecule has 2 rings (SSSR count). The van der Waals surface area contributed by atoms with Crippen LogP contribution >= 0.6 is 0 Å². The van der Waals surface area contributed by atoms with Gasteiger partial charge in [0.05, 0.1) is 12.1 Å². The molecule has 0 radical (unpaired) electrons. The Morgan fingerprint density at radius 1 is 1.32 bits per heavy atom. The van der Waals surface area contributed by atoms with E-state index in [9.17, 15) is 0 Å². The summed E-state index contributed by atoms with van der Waals surface area (Å²) in [7, 11) is 0. The van der Waals surface area contributed by atoms with Crippen LogP contribution in [0.25, 0.3) is 0 Å². The average molecular weight is 265 g/mol. The summed E-state index contributed by atoms with van der Waals surface area (Å²) in [6.07, 6.45) is 1.18. The molecule has 2 atom stereocenters. The fourth-order valence-electron chi connectivity index (χ4n) is 2.04. The summed E-state index contributed by atoms with van der Waals surface area (Å²) in [4.78, 5) is 8.98. The maximum Gasteiger partial charge on any atom is 0.145 e. The number of nitrogens with zero attached hydrogens (tertiary/aromatic N) is 2. The van der Waals surface area contributed by atoms with Gasteiger partial charge in [0, 0.05) is 18.1 Å². The van der Waals surface area contributed by atoms with Crippen molar-refractivity contribution in [1.29, 1.82) is 0 Å². The summed E-state index contributed by atoms with van der Waals surface area (Å²) < 4.78 is 5.55. The van der Waals surface area contributed by atoms with Crippen LogP contribution in [0.1, 0.15) is 39.9 Å². The Balaban J connectivity index is 2.24. The van der Waals surface area contributed by atoms with Crippen LogP contribution in [0.15, 0.2) is 6.07 Å². The van der Waals surface area contributed by atoms with Crippen LogP contribution in [0.3, 0.4) is 0 Å². The summed E-state index contributed by atoms with van der Waals surface area (Å²) in [5.41, 5.74) is 2.47. The Hall–Kier alpha value is -1.40. The molecule has 1 aliphatic rings. The quantitative estimate of drug-likeness (QED) is 0.569. The van der Waals surface area contributed by atoms with Gasteiger partial charge in [0.25, 0.3) is 0 Å². The van der Waals surface area contributed by atoms with E-state index in [1.54, 1.807) is 0 Å². The summed E-state index contributed by atoms with van der Waals surface area (Å²) in [5, 5.41) is 3.41. The lowest BCUT2D eigenvalue weighted by molar-refractivity contribution is 0.121. The molecule has 2 heterocycles. The van der Waals surface area contributed by atoms with Crippen molar-refractivity contribution in [3.05, 3.63) is 11.9 Å². The maximum absolute atomic E-state index is 5.55. The summed E-state index contributed by atoms with van der Waals surface area (Å²) in [5.74, 6) is 7.64. The van der Waals surface area contributed by atoms with Crippen LogP contribution < -0.4 is 16.6 Å². The third-order valence-electron chi connectivity index (χ3n) is 3.25. The van der Waals surface area contributed by atoms with Crippen LogP contribution in [0.5, 0.6) is 0 Å². The van der Waals surface area contributed by atoms with Gasteiger partial charge >= 0.3 is 0 Å². The van der Waals surface area contributed by atoms with Crippen molar-refractivity contribution in [2.24, 2.45) is 5.84 Å². The van der Waals surface area contributed by atoms with Crippen LogP contribution in [0.2, 0.25) is 0 Å². The molecule has 0 amide bonds. The van der Waals surface area contributed by atoms with E-state index in [1.165, 1.54) is 0 Å². The number of nitrogens with two attached hydrogens (primary N) is 1. The number of anilines is 2. The van der Waals surface area contributed by atoms with Crippen molar-refractivity contribution >= 4 is 11.6 Å².